The maximum Gasteiger partial charge on any atom is 0.303 e. The van der Waals surface area contributed by atoms with Crippen molar-refractivity contribution in [2.75, 3.05) is 13.1 Å². The van der Waals surface area contributed by atoms with Crippen LogP contribution in [0.15, 0.2) is 0 Å². The van der Waals surface area contributed by atoms with Crippen molar-refractivity contribution in [2.24, 2.45) is 11.8 Å². The van der Waals surface area contributed by atoms with Crippen LogP contribution in [0.1, 0.15) is 46.0 Å². The lowest BCUT2D eigenvalue weighted by Crippen LogP contribution is -2.51. The average molecular weight is 270 g/mol. The Balaban J connectivity index is 2.17. The van der Waals surface area contributed by atoms with Gasteiger partial charge in [0.2, 0.25) is 5.91 Å². The van der Waals surface area contributed by atoms with E-state index >= 15 is 0 Å². The number of hydrogen-bond donors (Lipinski definition) is 3. The largest absolute Gasteiger partial charge is 0.481 e. The third kappa shape index (κ3) is 6.05. The molecule has 3 unspecified atom stereocenters. The lowest BCUT2D eigenvalue weighted by molar-refractivity contribution is -0.137. The maximum absolute atomic E-state index is 12.0. The van der Waals surface area contributed by atoms with E-state index in [1.54, 1.807) is 0 Å². The number of rotatable bonds is 7. The summed E-state index contributed by atoms with van der Waals surface area (Å²) < 4.78 is 0. The third-order valence-corrected chi connectivity index (χ3v) is 3.84. The summed E-state index contributed by atoms with van der Waals surface area (Å²) in [7, 11) is 0. The molecule has 1 saturated heterocycles. The van der Waals surface area contributed by atoms with Crippen LogP contribution in [0.3, 0.4) is 0 Å². The Morgan fingerprint density at radius 3 is 2.79 bits per heavy atom. The molecule has 1 fully saturated rings. The maximum atomic E-state index is 12.0. The first-order valence-electron chi connectivity index (χ1n) is 7.23. The summed E-state index contributed by atoms with van der Waals surface area (Å²) in [6.07, 6.45) is 3.94. The van der Waals surface area contributed by atoms with Crippen molar-refractivity contribution >= 4 is 11.9 Å². The number of aliphatic carboxylic acids is 1. The van der Waals surface area contributed by atoms with E-state index in [2.05, 4.69) is 17.6 Å². The minimum Gasteiger partial charge on any atom is -0.481 e. The van der Waals surface area contributed by atoms with E-state index in [4.69, 9.17) is 5.11 Å². The van der Waals surface area contributed by atoms with Crippen LogP contribution in [0.5, 0.6) is 0 Å². The lowest BCUT2D eigenvalue weighted by Gasteiger charge is -2.29. The molecular weight excluding hydrogens is 244 g/mol. The Hall–Kier alpha value is -1.10. The molecule has 3 atom stereocenters. The van der Waals surface area contributed by atoms with E-state index in [-0.39, 0.29) is 18.4 Å². The molecule has 0 saturated carbocycles. The standard InChI is InChI=1S/C14H26N2O3/c1-10(5-6-12(17)18)7-9-16-14(19)13-11(2)4-3-8-15-13/h10-11,13,15H,3-9H2,1-2H3,(H,16,19)(H,17,18). The zero-order valence-corrected chi connectivity index (χ0v) is 11.9. The molecular formula is C14H26N2O3. The Morgan fingerprint density at radius 1 is 1.42 bits per heavy atom. The molecule has 0 radical (unpaired) electrons. The number of hydrogen-bond acceptors (Lipinski definition) is 3. The average Bonchev–Trinajstić information content (AvgIpc) is 2.36. The minimum atomic E-state index is -0.754. The van der Waals surface area contributed by atoms with Crippen molar-refractivity contribution < 1.29 is 14.7 Å². The van der Waals surface area contributed by atoms with Gasteiger partial charge in [-0.25, -0.2) is 0 Å². The molecule has 5 nitrogen and oxygen atoms in total. The van der Waals surface area contributed by atoms with Crippen molar-refractivity contribution in [3.8, 4) is 0 Å². The number of piperidine rings is 1. The number of carboxylic acid groups (broad SMARTS) is 1. The van der Waals surface area contributed by atoms with Gasteiger partial charge in [-0.15, -0.1) is 0 Å². The second-order valence-electron chi connectivity index (χ2n) is 5.67. The van der Waals surface area contributed by atoms with Gasteiger partial charge in [0.1, 0.15) is 0 Å². The quantitative estimate of drug-likeness (QED) is 0.653. The third-order valence-electron chi connectivity index (χ3n) is 3.84. The summed E-state index contributed by atoms with van der Waals surface area (Å²) in [6, 6.07) is -0.0666. The van der Waals surface area contributed by atoms with Crippen LogP contribution < -0.4 is 10.6 Å². The highest BCUT2D eigenvalue weighted by atomic mass is 16.4. The molecule has 3 N–H and O–H groups in total. The highest BCUT2D eigenvalue weighted by Gasteiger charge is 2.26. The zero-order chi connectivity index (χ0) is 14.3. The first-order chi connectivity index (χ1) is 9.00. The van der Waals surface area contributed by atoms with Crippen LogP contribution in [0, 0.1) is 11.8 Å². The van der Waals surface area contributed by atoms with E-state index < -0.39 is 5.97 Å². The molecule has 0 spiro atoms. The van der Waals surface area contributed by atoms with Crippen LogP contribution in [0.25, 0.3) is 0 Å². The van der Waals surface area contributed by atoms with Gasteiger partial charge in [-0.05, 0) is 44.1 Å². The Labute approximate surface area is 115 Å². The minimum absolute atomic E-state index is 0.0666. The van der Waals surface area contributed by atoms with Gasteiger partial charge in [-0.3, -0.25) is 9.59 Å². The molecule has 110 valence electrons. The summed E-state index contributed by atoms with van der Waals surface area (Å²) in [5.41, 5.74) is 0. The summed E-state index contributed by atoms with van der Waals surface area (Å²) in [4.78, 5) is 22.4. The predicted molar refractivity (Wildman–Crippen MR) is 73.8 cm³/mol. The molecule has 0 bridgehead atoms. The van der Waals surface area contributed by atoms with Crippen LogP contribution in [-0.4, -0.2) is 36.1 Å². The lowest BCUT2D eigenvalue weighted by atomic mass is 9.92. The van der Waals surface area contributed by atoms with E-state index in [1.165, 1.54) is 0 Å². The summed E-state index contributed by atoms with van der Waals surface area (Å²) in [6.45, 7) is 5.67. The Bertz CT molecular complexity index is 307. The Kier molecular flexibility index (Phi) is 6.84. The normalized spacial score (nSPS) is 24.7. The fraction of sp³-hybridized carbons (Fsp3) is 0.857. The molecule has 0 aromatic carbocycles. The van der Waals surface area contributed by atoms with Gasteiger partial charge in [0.25, 0.3) is 0 Å². The fourth-order valence-corrected chi connectivity index (χ4v) is 2.47. The number of nitrogens with one attached hydrogen (secondary N) is 2. The number of carboxylic acids is 1. The van der Waals surface area contributed by atoms with E-state index in [0.717, 1.165) is 25.8 Å². The van der Waals surface area contributed by atoms with Gasteiger partial charge >= 0.3 is 5.97 Å². The van der Waals surface area contributed by atoms with Gasteiger partial charge in [-0.2, -0.15) is 0 Å². The topological polar surface area (TPSA) is 78.4 Å². The van der Waals surface area contributed by atoms with Crippen molar-refractivity contribution in [3.05, 3.63) is 0 Å². The van der Waals surface area contributed by atoms with Crippen LogP contribution in [0.2, 0.25) is 0 Å². The second kappa shape index (κ2) is 8.15. The molecule has 0 aliphatic carbocycles. The summed E-state index contributed by atoms with van der Waals surface area (Å²) >= 11 is 0. The smallest absolute Gasteiger partial charge is 0.303 e. The molecule has 5 heteroatoms. The SMILES string of the molecule is CC(CCNC(=O)C1NCCCC1C)CCC(=O)O. The van der Waals surface area contributed by atoms with E-state index in [1.807, 2.05) is 6.92 Å². The molecule has 1 aliphatic rings. The molecule has 0 aromatic rings. The van der Waals surface area contributed by atoms with Crippen molar-refractivity contribution in [1.29, 1.82) is 0 Å². The van der Waals surface area contributed by atoms with Gasteiger partial charge in [0, 0.05) is 13.0 Å². The number of carbonyl (C=O) groups excluding carboxylic acids is 1. The zero-order valence-electron chi connectivity index (χ0n) is 11.9. The summed E-state index contributed by atoms with van der Waals surface area (Å²) in [5, 5.41) is 14.8. The fourth-order valence-electron chi connectivity index (χ4n) is 2.47. The predicted octanol–water partition coefficient (Wildman–Crippen LogP) is 1.38. The number of carbonyl (C=O) groups is 2. The van der Waals surface area contributed by atoms with E-state index in [0.29, 0.717) is 24.8 Å². The molecule has 19 heavy (non-hydrogen) atoms. The second-order valence-corrected chi connectivity index (χ2v) is 5.67. The van der Waals surface area contributed by atoms with Gasteiger partial charge in [0.05, 0.1) is 6.04 Å². The Morgan fingerprint density at radius 2 is 2.16 bits per heavy atom. The van der Waals surface area contributed by atoms with Gasteiger partial charge < -0.3 is 15.7 Å². The number of amides is 1. The highest BCUT2D eigenvalue weighted by molar-refractivity contribution is 5.82. The highest BCUT2D eigenvalue weighted by Crippen LogP contribution is 2.15. The van der Waals surface area contributed by atoms with Crippen LogP contribution in [0.4, 0.5) is 0 Å². The van der Waals surface area contributed by atoms with Gasteiger partial charge in [0.15, 0.2) is 0 Å². The first kappa shape index (κ1) is 16.0. The monoisotopic (exact) mass is 270 g/mol. The van der Waals surface area contributed by atoms with Crippen LogP contribution in [-0.2, 0) is 9.59 Å². The van der Waals surface area contributed by atoms with Gasteiger partial charge in [-0.1, -0.05) is 13.8 Å². The molecule has 0 aromatic heterocycles. The van der Waals surface area contributed by atoms with Crippen molar-refractivity contribution in [2.45, 2.75) is 52.0 Å². The molecule has 1 amide bonds. The molecule has 1 heterocycles. The van der Waals surface area contributed by atoms with Crippen molar-refractivity contribution in [1.82, 2.24) is 10.6 Å². The first-order valence-corrected chi connectivity index (χ1v) is 7.23. The molecule has 1 rings (SSSR count). The van der Waals surface area contributed by atoms with Crippen LogP contribution >= 0.6 is 0 Å². The van der Waals surface area contributed by atoms with E-state index in [9.17, 15) is 9.59 Å². The van der Waals surface area contributed by atoms with Crippen molar-refractivity contribution in [3.63, 3.8) is 0 Å². The molecule has 1 aliphatic heterocycles. The summed E-state index contributed by atoms with van der Waals surface area (Å²) in [5.74, 6) is 0.0417.